The Morgan fingerprint density at radius 1 is 1.82 bits per heavy atom. The van der Waals surface area contributed by atoms with Crippen LogP contribution in [0.15, 0.2) is 0 Å². The summed E-state index contributed by atoms with van der Waals surface area (Å²) in [7, 11) is 0. The van der Waals surface area contributed by atoms with E-state index in [1.165, 1.54) is 0 Å². The number of hydrogen-bond donors (Lipinski definition) is 2. The van der Waals surface area contributed by atoms with Crippen molar-refractivity contribution in [2.24, 2.45) is 0 Å². The SMILES string of the molecule is C#CCC(CC)NC(=O)CS. The van der Waals surface area contributed by atoms with Crippen LogP contribution in [-0.4, -0.2) is 17.7 Å². The van der Waals surface area contributed by atoms with Gasteiger partial charge in [0.2, 0.25) is 5.91 Å². The fourth-order valence-corrected chi connectivity index (χ4v) is 0.804. The van der Waals surface area contributed by atoms with Crippen molar-refractivity contribution in [1.82, 2.24) is 5.32 Å². The first-order chi connectivity index (χ1) is 5.24. The van der Waals surface area contributed by atoms with E-state index in [4.69, 9.17) is 6.42 Å². The van der Waals surface area contributed by atoms with Crippen LogP contribution in [0.5, 0.6) is 0 Å². The lowest BCUT2D eigenvalue weighted by atomic mass is 10.1. The number of terminal acetylenes is 1. The Labute approximate surface area is 73.2 Å². The summed E-state index contributed by atoms with van der Waals surface area (Å²) >= 11 is 3.83. The van der Waals surface area contributed by atoms with Crippen LogP contribution in [0.2, 0.25) is 0 Å². The molecule has 0 aliphatic rings. The molecule has 0 saturated carbocycles. The van der Waals surface area contributed by atoms with Gasteiger partial charge in [-0.2, -0.15) is 12.6 Å². The van der Waals surface area contributed by atoms with E-state index in [0.717, 1.165) is 6.42 Å². The largest absolute Gasteiger partial charge is 0.352 e. The highest BCUT2D eigenvalue weighted by Gasteiger charge is 2.06. The molecular formula is C8H13NOS. The molecule has 1 unspecified atom stereocenters. The molecule has 62 valence electrons. The zero-order chi connectivity index (χ0) is 8.69. The van der Waals surface area contributed by atoms with Gasteiger partial charge in [-0.05, 0) is 6.42 Å². The number of amides is 1. The number of thiol groups is 1. The molecule has 0 bridgehead atoms. The molecule has 1 amide bonds. The van der Waals surface area contributed by atoms with Crippen molar-refractivity contribution in [2.45, 2.75) is 25.8 Å². The van der Waals surface area contributed by atoms with Gasteiger partial charge in [-0.3, -0.25) is 4.79 Å². The van der Waals surface area contributed by atoms with Crippen LogP contribution in [0.3, 0.4) is 0 Å². The van der Waals surface area contributed by atoms with E-state index in [1.54, 1.807) is 0 Å². The van der Waals surface area contributed by atoms with Crippen molar-refractivity contribution in [1.29, 1.82) is 0 Å². The molecule has 0 aromatic rings. The quantitative estimate of drug-likeness (QED) is 0.476. The summed E-state index contributed by atoms with van der Waals surface area (Å²) in [5.74, 6) is 2.67. The van der Waals surface area contributed by atoms with Gasteiger partial charge < -0.3 is 5.32 Å². The molecule has 3 heteroatoms. The van der Waals surface area contributed by atoms with Crippen LogP contribution in [0.4, 0.5) is 0 Å². The number of nitrogens with one attached hydrogen (secondary N) is 1. The van der Waals surface area contributed by atoms with Crippen LogP contribution in [0.1, 0.15) is 19.8 Å². The highest BCUT2D eigenvalue weighted by Crippen LogP contribution is 1.95. The minimum Gasteiger partial charge on any atom is -0.352 e. The average molecular weight is 171 g/mol. The van der Waals surface area contributed by atoms with E-state index in [2.05, 4.69) is 23.9 Å². The van der Waals surface area contributed by atoms with Crippen molar-refractivity contribution < 1.29 is 4.79 Å². The van der Waals surface area contributed by atoms with Gasteiger partial charge in [0, 0.05) is 12.5 Å². The second kappa shape index (κ2) is 6.11. The van der Waals surface area contributed by atoms with E-state index in [-0.39, 0.29) is 17.7 Å². The Morgan fingerprint density at radius 2 is 2.45 bits per heavy atom. The number of carbonyl (C=O) groups is 1. The third-order valence-electron chi connectivity index (χ3n) is 1.37. The van der Waals surface area contributed by atoms with Gasteiger partial charge in [0.15, 0.2) is 0 Å². The first-order valence-electron chi connectivity index (χ1n) is 3.58. The number of hydrogen-bond acceptors (Lipinski definition) is 2. The summed E-state index contributed by atoms with van der Waals surface area (Å²) in [6.07, 6.45) is 6.56. The third kappa shape index (κ3) is 4.74. The molecular weight excluding hydrogens is 158 g/mol. The molecule has 1 N–H and O–H groups in total. The minimum absolute atomic E-state index is 0.0598. The van der Waals surface area contributed by atoms with E-state index in [9.17, 15) is 4.79 Å². The maximum Gasteiger partial charge on any atom is 0.229 e. The summed E-state index contributed by atoms with van der Waals surface area (Å²) < 4.78 is 0. The Kier molecular flexibility index (Phi) is 5.77. The normalized spacial score (nSPS) is 11.7. The van der Waals surface area contributed by atoms with Gasteiger partial charge in [-0.25, -0.2) is 0 Å². The van der Waals surface area contributed by atoms with E-state index < -0.39 is 0 Å². The zero-order valence-electron chi connectivity index (χ0n) is 6.63. The fourth-order valence-electron chi connectivity index (χ4n) is 0.713. The van der Waals surface area contributed by atoms with Gasteiger partial charge in [-0.15, -0.1) is 12.3 Å². The lowest BCUT2D eigenvalue weighted by Crippen LogP contribution is -2.34. The number of carbonyl (C=O) groups excluding carboxylic acids is 1. The van der Waals surface area contributed by atoms with Crippen molar-refractivity contribution in [3.05, 3.63) is 0 Å². The van der Waals surface area contributed by atoms with Crippen molar-refractivity contribution in [3.63, 3.8) is 0 Å². The van der Waals surface area contributed by atoms with Gasteiger partial charge in [0.05, 0.1) is 5.75 Å². The van der Waals surface area contributed by atoms with Crippen molar-refractivity contribution >= 4 is 18.5 Å². The zero-order valence-corrected chi connectivity index (χ0v) is 7.53. The standard InChI is InChI=1S/C8H13NOS/c1-3-5-7(4-2)9-8(10)6-11/h1,7,11H,4-6H2,2H3,(H,9,10). The summed E-state index contributed by atoms with van der Waals surface area (Å²) in [6.45, 7) is 1.99. The van der Waals surface area contributed by atoms with Crippen LogP contribution in [0.25, 0.3) is 0 Å². The summed E-state index contributed by atoms with van der Waals surface area (Å²) in [5, 5.41) is 2.76. The predicted molar refractivity (Wildman–Crippen MR) is 49.5 cm³/mol. The maximum atomic E-state index is 10.8. The van der Waals surface area contributed by atoms with Crippen LogP contribution >= 0.6 is 12.6 Å². The first-order valence-corrected chi connectivity index (χ1v) is 4.21. The topological polar surface area (TPSA) is 29.1 Å². The van der Waals surface area contributed by atoms with E-state index in [0.29, 0.717) is 6.42 Å². The summed E-state index contributed by atoms with van der Waals surface area (Å²) in [6, 6.07) is 0.111. The molecule has 1 atom stereocenters. The van der Waals surface area contributed by atoms with Gasteiger partial charge in [0.25, 0.3) is 0 Å². The second-order valence-electron chi connectivity index (χ2n) is 2.24. The fraction of sp³-hybridized carbons (Fsp3) is 0.625. The third-order valence-corrected chi connectivity index (χ3v) is 1.65. The molecule has 0 aliphatic heterocycles. The summed E-state index contributed by atoms with van der Waals surface area (Å²) in [4.78, 5) is 10.8. The smallest absolute Gasteiger partial charge is 0.229 e. The molecule has 0 fully saturated rings. The van der Waals surface area contributed by atoms with E-state index >= 15 is 0 Å². The lowest BCUT2D eigenvalue weighted by Gasteiger charge is -2.12. The highest BCUT2D eigenvalue weighted by molar-refractivity contribution is 7.81. The van der Waals surface area contributed by atoms with Crippen LogP contribution in [-0.2, 0) is 4.79 Å². The molecule has 2 nitrogen and oxygen atoms in total. The second-order valence-corrected chi connectivity index (χ2v) is 2.56. The van der Waals surface area contributed by atoms with Gasteiger partial charge in [-0.1, -0.05) is 6.92 Å². The Morgan fingerprint density at radius 3 is 2.82 bits per heavy atom. The maximum absolute atomic E-state index is 10.8. The summed E-state index contributed by atoms with van der Waals surface area (Å²) in [5.41, 5.74) is 0. The van der Waals surface area contributed by atoms with Crippen molar-refractivity contribution in [3.8, 4) is 12.3 Å². The number of rotatable bonds is 4. The molecule has 0 rings (SSSR count). The Bertz CT molecular complexity index is 162. The molecule has 11 heavy (non-hydrogen) atoms. The molecule has 0 heterocycles. The van der Waals surface area contributed by atoms with Crippen LogP contribution < -0.4 is 5.32 Å². The first kappa shape index (κ1) is 10.4. The molecule has 0 aromatic carbocycles. The molecule has 0 spiro atoms. The van der Waals surface area contributed by atoms with Gasteiger partial charge >= 0.3 is 0 Å². The molecule has 0 radical (unpaired) electrons. The molecule has 0 aliphatic carbocycles. The lowest BCUT2D eigenvalue weighted by molar-refractivity contribution is -0.119. The van der Waals surface area contributed by atoms with E-state index in [1.807, 2.05) is 6.92 Å². The van der Waals surface area contributed by atoms with Crippen LogP contribution in [0, 0.1) is 12.3 Å². The average Bonchev–Trinajstić information content (AvgIpc) is 2.03. The van der Waals surface area contributed by atoms with Crippen molar-refractivity contribution in [2.75, 3.05) is 5.75 Å². The Hall–Kier alpha value is -0.620. The highest BCUT2D eigenvalue weighted by atomic mass is 32.1. The Balaban J connectivity index is 3.70. The minimum atomic E-state index is -0.0598. The molecule has 0 saturated heterocycles. The van der Waals surface area contributed by atoms with Gasteiger partial charge in [0.1, 0.15) is 0 Å². The monoisotopic (exact) mass is 171 g/mol. The molecule has 0 aromatic heterocycles. The predicted octanol–water partition coefficient (Wildman–Crippen LogP) is 0.834.